The number of para-hydroxylation sites is 1. The van der Waals surface area contributed by atoms with Gasteiger partial charge >= 0.3 is 6.09 Å². The van der Waals surface area contributed by atoms with Crippen LogP contribution in [0.4, 0.5) is 4.79 Å². The zero-order valence-corrected chi connectivity index (χ0v) is 19.5. The number of nitrogens with zero attached hydrogens (tertiary/aromatic N) is 4. The molecule has 35 heavy (non-hydrogen) atoms. The van der Waals surface area contributed by atoms with Gasteiger partial charge in [0.1, 0.15) is 17.8 Å². The molecule has 0 aliphatic rings. The first kappa shape index (κ1) is 23.9. The molecule has 4 aromatic rings. The number of nitrogens with two attached hydrogens (primary N) is 1. The number of rotatable bonds is 8. The molecular formula is C23H22N6O5S. The molecule has 0 radical (unpaired) electrons. The maximum atomic E-state index is 12.5. The summed E-state index contributed by atoms with van der Waals surface area (Å²) in [5.74, 6) is 0.944. The minimum Gasteiger partial charge on any atom is -0.496 e. The Kier molecular flexibility index (Phi) is 7.03. The summed E-state index contributed by atoms with van der Waals surface area (Å²) in [6.45, 7) is 0.277. The van der Waals surface area contributed by atoms with Crippen LogP contribution in [0.25, 0.3) is 16.8 Å². The fourth-order valence-electron chi connectivity index (χ4n) is 3.39. The van der Waals surface area contributed by atoms with Gasteiger partial charge in [0.25, 0.3) is 0 Å². The second-order valence-electron chi connectivity index (χ2n) is 7.43. The first-order chi connectivity index (χ1) is 16.8. The molecule has 0 spiro atoms. The standard InChI is InChI=1S/C23H22N6O5S/c1-33-22-5-3-2-4-21(22)17-12-18(29-15-26-27-28-29)14-19(13-17)34-23(30)25-11-10-16-6-8-20(9-7-16)35(24,31)32/h2-9,12-15H,10-11H2,1H3,(H,25,30)(H2,24,31,32). The first-order valence-corrected chi connectivity index (χ1v) is 12.0. The smallest absolute Gasteiger partial charge is 0.412 e. The molecule has 0 saturated heterocycles. The van der Waals surface area contributed by atoms with Gasteiger partial charge in [-0.1, -0.05) is 30.3 Å². The molecule has 1 aromatic heterocycles. The maximum absolute atomic E-state index is 12.5. The Morgan fingerprint density at radius 3 is 2.54 bits per heavy atom. The second kappa shape index (κ2) is 10.3. The van der Waals surface area contributed by atoms with Gasteiger partial charge in [-0.15, -0.1) is 5.10 Å². The molecule has 0 unspecified atom stereocenters. The molecule has 1 heterocycles. The topological polar surface area (TPSA) is 151 Å². The normalized spacial score (nSPS) is 11.1. The van der Waals surface area contributed by atoms with Crippen LogP contribution in [0.2, 0.25) is 0 Å². The van der Waals surface area contributed by atoms with Crippen LogP contribution in [0, 0.1) is 0 Å². The Balaban J connectivity index is 1.48. The summed E-state index contributed by atoms with van der Waals surface area (Å²) in [7, 11) is -2.17. The highest BCUT2D eigenvalue weighted by molar-refractivity contribution is 7.89. The van der Waals surface area contributed by atoms with E-state index in [2.05, 4.69) is 20.8 Å². The zero-order valence-electron chi connectivity index (χ0n) is 18.7. The Morgan fingerprint density at radius 1 is 1.09 bits per heavy atom. The number of tetrazole rings is 1. The van der Waals surface area contributed by atoms with Gasteiger partial charge in [0.05, 0.1) is 17.7 Å². The van der Waals surface area contributed by atoms with Crippen molar-refractivity contribution in [1.82, 2.24) is 25.5 Å². The highest BCUT2D eigenvalue weighted by Crippen LogP contribution is 2.33. The summed E-state index contributed by atoms with van der Waals surface area (Å²) >= 11 is 0. The van der Waals surface area contributed by atoms with E-state index in [-0.39, 0.29) is 17.2 Å². The molecule has 4 rings (SSSR count). The van der Waals surface area contributed by atoms with E-state index >= 15 is 0 Å². The van der Waals surface area contributed by atoms with Crippen LogP contribution in [0.5, 0.6) is 11.5 Å². The van der Waals surface area contributed by atoms with Crippen LogP contribution < -0.4 is 19.9 Å². The SMILES string of the molecule is COc1ccccc1-c1cc(OC(=O)NCCc2ccc(S(N)(=O)=O)cc2)cc(-n2cnnn2)c1. The van der Waals surface area contributed by atoms with E-state index in [9.17, 15) is 13.2 Å². The molecule has 3 N–H and O–H groups in total. The summed E-state index contributed by atoms with van der Waals surface area (Å²) in [4.78, 5) is 12.5. The summed E-state index contributed by atoms with van der Waals surface area (Å²) in [6, 6.07) is 18.8. The lowest BCUT2D eigenvalue weighted by Crippen LogP contribution is -2.28. The van der Waals surface area contributed by atoms with E-state index in [1.807, 2.05) is 30.3 Å². The maximum Gasteiger partial charge on any atom is 0.412 e. The van der Waals surface area contributed by atoms with Crippen LogP contribution >= 0.6 is 0 Å². The molecule has 11 nitrogen and oxygen atoms in total. The predicted octanol–water partition coefficient (Wildman–Crippen LogP) is 2.32. The van der Waals surface area contributed by atoms with Gasteiger partial charge in [0.2, 0.25) is 10.0 Å². The van der Waals surface area contributed by atoms with Crippen molar-refractivity contribution in [2.24, 2.45) is 5.14 Å². The Hall–Kier alpha value is -4.29. The molecule has 0 atom stereocenters. The molecule has 0 saturated carbocycles. The number of methoxy groups -OCH3 is 1. The lowest BCUT2D eigenvalue weighted by atomic mass is 10.0. The van der Waals surface area contributed by atoms with Crippen molar-refractivity contribution in [2.75, 3.05) is 13.7 Å². The van der Waals surface area contributed by atoms with Crippen LogP contribution in [0.1, 0.15) is 5.56 Å². The largest absolute Gasteiger partial charge is 0.496 e. The van der Waals surface area contributed by atoms with Gasteiger partial charge in [-0.05, 0) is 58.3 Å². The van der Waals surface area contributed by atoms with Crippen molar-refractivity contribution in [3.63, 3.8) is 0 Å². The molecule has 12 heteroatoms. The lowest BCUT2D eigenvalue weighted by molar-refractivity contribution is 0.200. The number of carbonyl (C=O) groups is 1. The van der Waals surface area contributed by atoms with Crippen LogP contribution in [-0.4, -0.2) is 48.4 Å². The summed E-state index contributed by atoms with van der Waals surface area (Å²) < 4.78 is 35.2. The van der Waals surface area contributed by atoms with Gasteiger partial charge in [-0.3, -0.25) is 0 Å². The third-order valence-electron chi connectivity index (χ3n) is 5.07. The van der Waals surface area contributed by atoms with E-state index in [0.717, 1.165) is 16.7 Å². The molecule has 0 fully saturated rings. The Labute approximate surface area is 201 Å². The first-order valence-electron chi connectivity index (χ1n) is 10.4. The fraction of sp³-hybridized carbons (Fsp3) is 0.130. The number of hydrogen-bond acceptors (Lipinski definition) is 8. The van der Waals surface area contributed by atoms with E-state index in [4.69, 9.17) is 14.6 Å². The number of hydrogen-bond donors (Lipinski definition) is 2. The average molecular weight is 495 g/mol. The van der Waals surface area contributed by atoms with Crippen molar-refractivity contribution in [1.29, 1.82) is 0 Å². The van der Waals surface area contributed by atoms with Crippen LogP contribution in [-0.2, 0) is 16.4 Å². The second-order valence-corrected chi connectivity index (χ2v) is 8.99. The van der Waals surface area contributed by atoms with E-state index in [1.165, 1.54) is 23.1 Å². The highest BCUT2D eigenvalue weighted by atomic mass is 32.2. The minimum atomic E-state index is -3.75. The lowest BCUT2D eigenvalue weighted by Gasteiger charge is -2.13. The molecule has 0 bridgehead atoms. The van der Waals surface area contributed by atoms with Gasteiger partial charge in [0, 0.05) is 18.2 Å². The quantitative estimate of drug-likeness (QED) is 0.379. The monoisotopic (exact) mass is 494 g/mol. The van der Waals surface area contributed by atoms with E-state index < -0.39 is 16.1 Å². The molecular weight excluding hydrogens is 472 g/mol. The van der Waals surface area contributed by atoms with Crippen molar-refractivity contribution >= 4 is 16.1 Å². The number of amides is 1. The van der Waals surface area contributed by atoms with Crippen molar-refractivity contribution in [2.45, 2.75) is 11.3 Å². The van der Waals surface area contributed by atoms with E-state index in [0.29, 0.717) is 17.9 Å². The van der Waals surface area contributed by atoms with Gasteiger partial charge < -0.3 is 14.8 Å². The number of ether oxygens (including phenoxy) is 2. The Morgan fingerprint density at radius 2 is 1.86 bits per heavy atom. The predicted molar refractivity (Wildman–Crippen MR) is 127 cm³/mol. The van der Waals surface area contributed by atoms with Gasteiger partial charge in [-0.25, -0.2) is 23.0 Å². The zero-order chi connectivity index (χ0) is 24.8. The summed E-state index contributed by atoms with van der Waals surface area (Å²) in [5.41, 5.74) is 2.97. The number of nitrogens with one attached hydrogen (secondary N) is 1. The van der Waals surface area contributed by atoms with Gasteiger partial charge in [-0.2, -0.15) is 0 Å². The average Bonchev–Trinajstić information content (AvgIpc) is 3.39. The number of primary sulfonamides is 1. The Bertz CT molecular complexity index is 1420. The van der Waals surface area contributed by atoms with Crippen molar-refractivity contribution in [3.05, 3.63) is 78.6 Å². The number of benzene rings is 3. The molecule has 1 amide bonds. The number of carbonyl (C=O) groups excluding carboxylic acids is 1. The number of aromatic nitrogens is 4. The van der Waals surface area contributed by atoms with E-state index in [1.54, 1.807) is 31.4 Å². The molecule has 180 valence electrons. The number of sulfonamides is 1. The summed E-state index contributed by atoms with van der Waals surface area (Å²) in [5, 5.41) is 19.0. The van der Waals surface area contributed by atoms with Crippen molar-refractivity contribution < 1.29 is 22.7 Å². The van der Waals surface area contributed by atoms with Crippen LogP contribution in [0.15, 0.2) is 78.0 Å². The van der Waals surface area contributed by atoms with Gasteiger partial charge in [0.15, 0.2) is 0 Å². The summed E-state index contributed by atoms with van der Waals surface area (Å²) in [6.07, 6.45) is 1.26. The highest BCUT2D eigenvalue weighted by Gasteiger charge is 2.13. The molecule has 0 aliphatic heterocycles. The minimum absolute atomic E-state index is 0.0296. The molecule has 3 aromatic carbocycles. The molecule has 0 aliphatic carbocycles. The third kappa shape index (κ3) is 5.99. The van der Waals surface area contributed by atoms with Crippen LogP contribution in [0.3, 0.4) is 0 Å². The third-order valence-corrected chi connectivity index (χ3v) is 6.00. The van der Waals surface area contributed by atoms with Crippen molar-refractivity contribution in [3.8, 4) is 28.3 Å². The fourth-order valence-corrected chi connectivity index (χ4v) is 3.91.